The van der Waals surface area contributed by atoms with E-state index in [4.69, 9.17) is 9.97 Å². The van der Waals surface area contributed by atoms with Crippen LogP contribution in [0.25, 0.3) is 88.8 Å². The van der Waals surface area contributed by atoms with Crippen LogP contribution in [0, 0.1) is 0 Å². The lowest BCUT2D eigenvalue weighted by molar-refractivity contribution is 0.795. The van der Waals surface area contributed by atoms with Crippen molar-refractivity contribution in [3.05, 3.63) is 229 Å². The Bertz CT molecular complexity index is 3110. The van der Waals surface area contributed by atoms with Gasteiger partial charge < -0.3 is 0 Å². The first-order valence-electron chi connectivity index (χ1n) is 19.7. The molecule has 0 saturated heterocycles. The lowest BCUT2D eigenvalue weighted by Crippen LogP contribution is -2.26. The first kappa shape index (κ1) is 31.9. The maximum atomic E-state index is 5.13. The fraction of sp³-hybridized carbons (Fsp3) is 0.0182. The maximum Gasteiger partial charge on any atom is 0.160 e. The Morgan fingerprint density at radius 2 is 0.807 bits per heavy atom. The van der Waals surface area contributed by atoms with Gasteiger partial charge in [-0.2, -0.15) is 0 Å². The monoisotopic (exact) mass is 722 g/mol. The molecule has 9 aromatic carbocycles. The number of hydrogen-bond donors (Lipinski definition) is 0. The second-order valence-electron chi connectivity index (χ2n) is 15.2. The van der Waals surface area contributed by atoms with Crippen molar-refractivity contribution in [3.8, 4) is 67.3 Å². The molecule has 2 aliphatic carbocycles. The Hall–Kier alpha value is -7.42. The summed E-state index contributed by atoms with van der Waals surface area (Å²) < 4.78 is 0. The Kier molecular flexibility index (Phi) is 6.88. The smallest absolute Gasteiger partial charge is 0.160 e. The molecule has 10 aromatic rings. The van der Waals surface area contributed by atoms with Crippen LogP contribution in [0.15, 0.2) is 206 Å². The zero-order chi connectivity index (χ0) is 37.5. The molecule has 12 rings (SSSR count). The predicted molar refractivity (Wildman–Crippen MR) is 235 cm³/mol. The highest BCUT2D eigenvalue weighted by atomic mass is 14.9. The number of rotatable bonds is 4. The standard InChI is InChI=1S/C55H34N2/c1-3-16-37(17-4-1)50-34-51(57-54(56-50)39-18-5-2-6-19-39)38-29-27-36(28-30-38)45-33-49-53(44-24-10-9-21-41(44)45)52-40-20-8-7-15-35(40)31-32-48(52)55(49)46-25-13-11-22-42(46)43-23-12-14-26-47(43)55/h1-34H. The lowest BCUT2D eigenvalue weighted by atomic mass is 9.70. The van der Waals surface area contributed by atoms with E-state index < -0.39 is 5.41 Å². The number of benzene rings is 9. The summed E-state index contributed by atoms with van der Waals surface area (Å²) in [5.41, 5.74) is 17.6. The van der Waals surface area contributed by atoms with Crippen LogP contribution in [0.3, 0.4) is 0 Å². The van der Waals surface area contributed by atoms with Crippen molar-refractivity contribution in [1.82, 2.24) is 9.97 Å². The molecule has 2 nitrogen and oxygen atoms in total. The molecule has 0 unspecified atom stereocenters. The lowest BCUT2D eigenvalue weighted by Gasteiger charge is -2.31. The van der Waals surface area contributed by atoms with E-state index in [1.54, 1.807) is 0 Å². The summed E-state index contributed by atoms with van der Waals surface area (Å²) in [6.07, 6.45) is 0. The fourth-order valence-electron chi connectivity index (χ4n) is 9.88. The van der Waals surface area contributed by atoms with E-state index in [0.29, 0.717) is 0 Å². The maximum absolute atomic E-state index is 5.13. The topological polar surface area (TPSA) is 25.8 Å². The van der Waals surface area contributed by atoms with Crippen LogP contribution in [0.4, 0.5) is 0 Å². The molecule has 0 saturated carbocycles. The number of aromatic nitrogens is 2. The Morgan fingerprint density at radius 3 is 1.49 bits per heavy atom. The second kappa shape index (κ2) is 12.3. The summed E-state index contributed by atoms with van der Waals surface area (Å²) in [5, 5.41) is 5.09. The van der Waals surface area contributed by atoms with Crippen molar-refractivity contribution in [2.45, 2.75) is 5.41 Å². The molecule has 0 bridgehead atoms. The average Bonchev–Trinajstić information content (AvgIpc) is 3.77. The van der Waals surface area contributed by atoms with Crippen molar-refractivity contribution >= 4 is 21.5 Å². The van der Waals surface area contributed by atoms with Gasteiger partial charge in [-0.3, -0.25) is 0 Å². The van der Waals surface area contributed by atoms with Gasteiger partial charge in [0.2, 0.25) is 0 Å². The van der Waals surface area contributed by atoms with Crippen LogP contribution in [0.5, 0.6) is 0 Å². The van der Waals surface area contributed by atoms with Gasteiger partial charge in [0.05, 0.1) is 16.8 Å². The fourth-order valence-corrected chi connectivity index (χ4v) is 9.88. The van der Waals surface area contributed by atoms with E-state index in [0.717, 1.165) is 33.9 Å². The van der Waals surface area contributed by atoms with Gasteiger partial charge in [0.1, 0.15) is 0 Å². The Balaban J connectivity index is 1.10. The van der Waals surface area contributed by atoms with Crippen molar-refractivity contribution in [1.29, 1.82) is 0 Å². The normalized spacial score (nSPS) is 13.1. The summed E-state index contributed by atoms with van der Waals surface area (Å²) in [5.74, 6) is 0.718. The molecule has 2 heteroatoms. The highest BCUT2D eigenvalue weighted by Gasteiger charge is 2.52. The van der Waals surface area contributed by atoms with Crippen LogP contribution in [-0.4, -0.2) is 9.97 Å². The molecule has 0 fully saturated rings. The summed E-state index contributed by atoms with van der Waals surface area (Å²) in [6.45, 7) is 0. The Morgan fingerprint density at radius 1 is 0.298 bits per heavy atom. The van der Waals surface area contributed by atoms with E-state index in [1.165, 1.54) is 77.2 Å². The molecule has 1 spiro atoms. The van der Waals surface area contributed by atoms with Gasteiger partial charge in [-0.15, -0.1) is 0 Å². The van der Waals surface area contributed by atoms with E-state index >= 15 is 0 Å². The Labute approximate surface area is 331 Å². The first-order valence-corrected chi connectivity index (χ1v) is 19.7. The van der Waals surface area contributed by atoms with E-state index in [9.17, 15) is 0 Å². The van der Waals surface area contributed by atoms with Gasteiger partial charge in [0.15, 0.2) is 5.82 Å². The quantitative estimate of drug-likeness (QED) is 0.181. The zero-order valence-electron chi connectivity index (χ0n) is 31.0. The van der Waals surface area contributed by atoms with E-state index in [-0.39, 0.29) is 0 Å². The van der Waals surface area contributed by atoms with Crippen molar-refractivity contribution in [3.63, 3.8) is 0 Å². The molecule has 57 heavy (non-hydrogen) atoms. The number of hydrogen-bond acceptors (Lipinski definition) is 2. The minimum absolute atomic E-state index is 0.455. The molecule has 0 atom stereocenters. The highest BCUT2D eigenvalue weighted by Crippen LogP contribution is 2.65. The van der Waals surface area contributed by atoms with Crippen molar-refractivity contribution < 1.29 is 0 Å². The van der Waals surface area contributed by atoms with Gasteiger partial charge in [-0.25, -0.2) is 9.97 Å². The molecule has 0 N–H and O–H groups in total. The third-order valence-corrected chi connectivity index (χ3v) is 12.3. The van der Waals surface area contributed by atoms with Crippen molar-refractivity contribution in [2.24, 2.45) is 0 Å². The zero-order valence-corrected chi connectivity index (χ0v) is 31.0. The molecule has 1 aromatic heterocycles. The van der Waals surface area contributed by atoms with Gasteiger partial charge in [-0.05, 0) is 89.3 Å². The molecule has 2 aliphatic rings. The van der Waals surface area contributed by atoms with Gasteiger partial charge in [-0.1, -0.05) is 194 Å². The molecule has 0 amide bonds. The number of fused-ring (bicyclic) bond motifs is 14. The molecular formula is C55H34N2. The second-order valence-corrected chi connectivity index (χ2v) is 15.2. The van der Waals surface area contributed by atoms with Gasteiger partial charge in [0, 0.05) is 16.7 Å². The molecule has 0 radical (unpaired) electrons. The summed E-state index contributed by atoms with van der Waals surface area (Å²) in [4.78, 5) is 10.2. The van der Waals surface area contributed by atoms with Crippen LogP contribution in [-0.2, 0) is 5.41 Å². The van der Waals surface area contributed by atoms with Crippen LogP contribution >= 0.6 is 0 Å². The predicted octanol–water partition coefficient (Wildman–Crippen LogP) is 13.8. The SMILES string of the molecule is c1ccc(-c2cc(-c3ccc(-c4cc5c(c6ccccc46)-c4c(ccc6ccccc46)C54c5ccccc5-c5ccccc54)cc3)nc(-c3ccccc3)n2)cc1. The number of nitrogens with zero attached hydrogens (tertiary/aromatic N) is 2. The molecule has 0 aliphatic heterocycles. The van der Waals surface area contributed by atoms with Crippen LogP contribution in [0.1, 0.15) is 22.3 Å². The average molecular weight is 723 g/mol. The largest absolute Gasteiger partial charge is 0.228 e. The van der Waals surface area contributed by atoms with Crippen LogP contribution in [0.2, 0.25) is 0 Å². The summed E-state index contributed by atoms with van der Waals surface area (Å²) in [7, 11) is 0. The third kappa shape index (κ3) is 4.59. The molecular weight excluding hydrogens is 689 g/mol. The summed E-state index contributed by atoms with van der Waals surface area (Å²) in [6, 6.07) is 75.0. The minimum Gasteiger partial charge on any atom is -0.228 e. The first-order chi connectivity index (χ1) is 28.3. The van der Waals surface area contributed by atoms with E-state index in [1.807, 2.05) is 24.3 Å². The molecule has 1 heterocycles. The van der Waals surface area contributed by atoms with Crippen LogP contribution < -0.4 is 0 Å². The highest BCUT2D eigenvalue weighted by molar-refractivity contribution is 6.16. The van der Waals surface area contributed by atoms with Crippen molar-refractivity contribution in [2.75, 3.05) is 0 Å². The van der Waals surface area contributed by atoms with E-state index in [2.05, 4.69) is 182 Å². The third-order valence-electron chi connectivity index (χ3n) is 12.3. The minimum atomic E-state index is -0.455. The molecule has 264 valence electrons. The summed E-state index contributed by atoms with van der Waals surface area (Å²) >= 11 is 0. The van der Waals surface area contributed by atoms with Gasteiger partial charge in [0.25, 0.3) is 0 Å². The van der Waals surface area contributed by atoms with Gasteiger partial charge >= 0.3 is 0 Å².